The van der Waals surface area contributed by atoms with Crippen LogP contribution in [0.5, 0.6) is 0 Å². The number of fused-ring (bicyclic) bond motifs is 1. The van der Waals surface area contributed by atoms with Crippen molar-refractivity contribution in [1.82, 2.24) is 9.80 Å². The van der Waals surface area contributed by atoms with E-state index in [-0.39, 0.29) is 0 Å². The van der Waals surface area contributed by atoms with Crippen LogP contribution in [0.2, 0.25) is 0 Å². The summed E-state index contributed by atoms with van der Waals surface area (Å²) in [7, 11) is 2.19. The highest BCUT2D eigenvalue weighted by molar-refractivity contribution is 6.00. The van der Waals surface area contributed by atoms with Gasteiger partial charge < -0.3 is 9.80 Å². The van der Waals surface area contributed by atoms with Crippen molar-refractivity contribution in [2.24, 2.45) is 5.92 Å². The molecule has 96 valence electrons. The van der Waals surface area contributed by atoms with Crippen LogP contribution < -0.4 is 0 Å². The molecule has 0 aromatic heterocycles. The van der Waals surface area contributed by atoms with E-state index in [4.69, 9.17) is 5.41 Å². The van der Waals surface area contributed by atoms with E-state index in [0.717, 1.165) is 31.0 Å². The quantitative estimate of drug-likeness (QED) is 0.819. The van der Waals surface area contributed by atoms with E-state index in [9.17, 15) is 0 Å². The fourth-order valence-corrected chi connectivity index (χ4v) is 3.39. The number of piperidine rings is 1. The molecule has 2 aliphatic heterocycles. The van der Waals surface area contributed by atoms with Crippen LogP contribution in [0.15, 0.2) is 24.3 Å². The van der Waals surface area contributed by atoms with Crippen LogP contribution >= 0.6 is 0 Å². The second-order valence-corrected chi connectivity index (χ2v) is 5.73. The van der Waals surface area contributed by atoms with E-state index in [1.54, 1.807) is 0 Å². The number of hydrogen-bond donors (Lipinski definition) is 1. The molecule has 1 aromatic carbocycles. The van der Waals surface area contributed by atoms with Gasteiger partial charge in [-0.05, 0) is 31.5 Å². The van der Waals surface area contributed by atoms with Gasteiger partial charge in [0.2, 0.25) is 0 Å². The van der Waals surface area contributed by atoms with E-state index in [1.165, 1.54) is 12.0 Å². The van der Waals surface area contributed by atoms with Crippen LogP contribution in [0.4, 0.5) is 0 Å². The van der Waals surface area contributed by atoms with Crippen LogP contribution in [0.1, 0.15) is 24.5 Å². The summed E-state index contributed by atoms with van der Waals surface area (Å²) in [6.07, 6.45) is 1.17. The number of amidine groups is 1. The second-order valence-electron chi connectivity index (χ2n) is 5.73. The maximum Gasteiger partial charge on any atom is 0.128 e. The molecule has 0 saturated carbocycles. The molecule has 1 aromatic rings. The van der Waals surface area contributed by atoms with Crippen molar-refractivity contribution < 1.29 is 0 Å². The lowest BCUT2D eigenvalue weighted by Gasteiger charge is -2.40. The summed E-state index contributed by atoms with van der Waals surface area (Å²) in [4.78, 5) is 4.70. The Morgan fingerprint density at radius 2 is 2.06 bits per heavy atom. The number of nitrogens with one attached hydrogen (secondary N) is 1. The molecular formula is C15H21N3. The highest BCUT2D eigenvalue weighted by Gasteiger charge is 2.34. The van der Waals surface area contributed by atoms with Crippen LogP contribution in [0.25, 0.3) is 0 Å². The Kier molecular flexibility index (Phi) is 2.86. The Morgan fingerprint density at radius 3 is 2.78 bits per heavy atom. The molecule has 2 aliphatic rings. The van der Waals surface area contributed by atoms with Gasteiger partial charge in [-0.15, -0.1) is 0 Å². The maximum atomic E-state index is 8.38. The molecule has 2 atom stereocenters. The molecule has 2 heterocycles. The topological polar surface area (TPSA) is 30.3 Å². The monoisotopic (exact) mass is 243 g/mol. The van der Waals surface area contributed by atoms with Crippen molar-refractivity contribution in [1.29, 1.82) is 5.41 Å². The van der Waals surface area contributed by atoms with Crippen molar-refractivity contribution in [3.05, 3.63) is 35.4 Å². The molecule has 3 rings (SSSR count). The van der Waals surface area contributed by atoms with Crippen LogP contribution in [-0.2, 0) is 6.54 Å². The maximum absolute atomic E-state index is 8.38. The van der Waals surface area contributed by atoms with Gasteiger partial charge in [-0.2, -0.15) is 0 Å². The lowest BCUT2D eigenvalue weighted by molar-refractivity contribution is 0.120. The van der Waals surface area contributed by atoms with E-state index in [2.05, 4.69) is 42.0 Å². The summed E-state index contributed by atoms with van der Waals surface area (Å²) in [5.74, 6) is 1.37. The van der Waals surface area contributed by atoms with Crippen molar-refractivity contribution >= 4 is 5.84 Å². The molecule has 1 N–H and O–H groups in total. The Bertz CT molecular complexity index is 469. The molecule has 0 bridgehead atoms. The fourth-order valence-electron chi connectivity index (χ4n) is 3.39. The summed E-state index contributed by atoms with van der Waals surface area (Å²) in [5, 5.41) is 8.38. The van der Waals surface area contributed by atoms with E-state index in [1.807, 2.05) is 6.07 Å². The third-order valence-electron chi connectivity index (χ3n) is 4.36. The first-order valence-corrected chi connectivity index (χ1v) is 6.79. The molecule has 0 radical (unpaired) electrons. The Morgan fingerprint density at radius 1 is 1.28 bits per heavy atom. The SMILES string of the molecule is CC1CN(C)CCC1N1Cc2ccccc2C1=N. The number of hydrogen-bond acceptors (Lipinski definition) is 2. The van der Waals surface area contributed by atoms with Crippen molar-refractivity contribution in [3.63, 3.8) is 0 Å². The highest BCUT2D eigenvalue weighted by atomic mass is 15.2. The largest absolute Gasteiger partial charge is 0.349 e. The first-order chi connectivity index (χ1) is 8.66. The van der Waals surface area contributed by atoms with Gasteiger partial charge in [0.25, 0.3) is 0 Å². The third-order valence-corrected chi connectivity index (χ3v) is 4.36. The minimum Gasteiger partial charge on any atom is -0.349 e. The second kappa shape index (κ2) is 4.39. The first kappa shape index (κ1) is 11.7. The van der Waals surface area contributed by atoms with Crippen LogP contribution in [0, 0.1) is 11.3 Å². The van der Waals surface area contributed by atoms with E-state index >= 15 is 0 Å². The molecule has 0 aliphatic carbocycles. The predicted molar refractivity (Wildman–Crippen MR) is 73.9 cm³/mol. The van der Waals surface area contributed by atoms with Gasteiger partial charge in [0, 0.05) is 24.7 Å². The summed E-state index contributed by atoms with van der Waals surface area (Å²) in [6, 6.07) is 8.88. The lowest BCUT2D eigenvalue weighted by atomic mass is 9.93. The summed E-state index contributed by atoms with van der Waals surface area (Å²) in [6.45, 7) is 5.53. The third kappa shape index (κ3) is 1.83. The molecule has 0 amide bonds. The fraction of sp³-hybridized carbons (Fsp3) is 0.533. The Hall–Kier alpha value is -1.35. The highest BCUT2D eigenvalue weighted by Crippen LogP contribution is 2.30. The zero-order valence-corrected chi connectivity index (χ0v) is 11.2. The van der Waals surface area contributed by atoms with Gasteiger partial charge in [-0.1, -0.05) is 31.2 Å². The standard InChI is InChI=1S/C15H21N3/c1-11-9-17(2)8-7-14(11)18-10-12-5-3-4-6-13(12)15(18)16/h3-6,11,14,16H,7-10H2,1-2H3. The van der Waals surface area contributed by atoms with Crippen LogP contribution in [0.3, 0.4) is 0 Å². The predicted octanol–water partition coefficient (Wildman–Crippen LogP) is 2.17. The molecule has 3 heteroatoms. The Balaban J connectivity index is 1.82. The van der Waals surface area contributed by atoms with Gasteiger partial charge in [0.1, 0.15) is 5.84 Å². The Labute approximate surface area is 109 Å². The number of benzene rings is 1. The average molecular weight is 243 g/mol. The average Bonchev–Trinajstić information content (AvgIpc) is 2.68. The molecule has 18 heavy (non-hydrogen) atoms. The van der Waals surface area contributed by atoms with E-state index in [0.29, 0.717) is 12.0 Å². The van der Waals surface area contributed by atoms with E-state index < -0.39 is 0 Å². The number of rotatable bonds is 1. The van der Waals surface area contributed by atoms with Gasteiger partial charge in [0.15, 0.2) is 0 Å². The molecule has 3 nitrogen and oxygen atoms in total. The van der Waals surface area contributed by atoms with Gasteiger partial charge in [0.05, 0.1) is 0 Å². The van der Waals surface area contributed by atoms with Gasteiger partial charge in [-0.3, -0.25) is 5.41 Å². The number of nitrogens with zero attached hydrogens (tertiary/aromatic N) is 2. The van der Waals surface area contributed by atoms with Crippen LogP contribution in [-0.4, -0.2) is 41.8 Å². The lowest BCUT2D eigenvalue weighted by Crippen LogP contribution is -2.49. The molecule has 0 spiro atoms. The minimum atomic E-state index is 0.529. The van der Waals surface area contributed by atoms with Crippen molar-refractivity contribution in [2.45, 2.75) is 25.9 Å². The van der Waals surface area contributed by atoms with Crippen molar-refractivity contribution in [2.75, 3.05) is 20.1 Å². The summed E-state index contributed by atoms with van der Waals surface area (Å²) < 4.78 is 0. The molecular weight excluding hydrogens is 222 g/mol. The first-order valence-electron chi connectivity index (χ1n) is 6.79. The van der Waals surface area contributed by atoms with Gasteiger partial charge >= 0.3 is 0 Å². The summed E-state index contributed by atoms with van der Waals surface area (Å²) in [5.41, 5.74) is 2.44. The normalized spacial score (nSPS) is 28.6. The molecule has 1 saturated heterocycles. The minimum absolute atomic E-state index is 0.529. The zero-order valence-electron chi connectivity index (χ0n) is 11.2. The van der Waals surface area contributed by atoms with Crippen molar-refractivity contribution in [3.8, 4) is 0 Å². The molecule has 1 fully saturated rings. The smallest absolute Gasteiger partial charge is 0.128 e. The van der Waals surface area contributed by atoms with Gasteiger partial charge in [-0.25, -0.2) is 0 Å². The zero-order chi connectivity index (χ0) is 12.7. The molecule has 2 unspecified atom stereocenters. The summed E-state index contributed by atoms with van der Waals surface area (Å²) >= 11 is 0. The number of likely N-dealkylation sites (tertiary alicyclic amines) is 1.